The number of rotatable bonds is 9. The second kappa shape index (κ2) is 14.8. The van der Waals surface area contributed by atoms with Crippen molar-refractivity contribution in [1.29, 1.82) is 5.26 Å². The molecule has 0 bridgehead atoms. The van der Waals surface area contributed by atoms with Crippen molar-refractivity contribution in [3.05, 3.63) is 114 Å². The maximum absolute atomic E-state index is 13.4. The molecule has 1 aromatic heterocycles. The van der Waals surface area contributed by atoms with Gasteiger partial charge >= 0.3 is 0 Å². The van der Waals surface area contributed by atoms with Crippen LogP contribution in [0.3, 0.4) is 0 Å². The number of nitriles is 1. The molecule has 4 aromatic carbocycles. The first-order valence-electron chi connectivity index (χ1n) is 17.3. The van der Waals surface area contributed by atoms with Gasteiger partial charge in [0.05, 0.1) is 30.1 Å². The number of hydrogen-bond acceptors (Lipinski definition) is 6. The first kappa shape index (κ1) is 33.4. The van der Waals surface area contributed by atoms with E-state index in [1.165, 1.54) is 0 Å². The summed E-state index contributed by atoms with van der Waals surface area (Å²) >= 11 is 0. The summed E-state index contributed by atoms with van der Waals surface area (Å²) in [6, 6.07) is 31.8. The van der Waals surface area contributed by atoms with Gasteiger partial charge in [0.2, 0.25) is 23.6 Å². The van der Waals surface area contributed by atoms with Crippen LogP contribution in [0, 0.1) is 11.3 Å². The standard InChI is InChI=1S/C41H38N6O4/c42-25-33-32-24-30(44-41(51)36-13-7-21-47(36)38(49)22-26-8-2-1-3-9-26)18-19-34(32)45-39(33)28-16-14-27(15-17-28)31-11-5-4-10-29(31)23-37(48)46-40(50)35-12-6-20-43-35/h1-5,8-11,14-19,24,35-36,43,45H,6-7,12-13,20-23H2,(H,44,51)(H,46,48,50)/t35-,36-/m0/s1. The van der Waals surface area contributed by atoms with Crippen LogP contribution >= 0.6 is 0 Å². The molecule has 0 radical (unpaired) electrons. The van der Waals surface area contributed by atoms with Crippen molar-refractivity contribution in [3.63, 3.8) is 0 Å². The lowest BCUT2D eigenvalue weighted by Crippen LogP contribution is -2.43. The average molecular weight is 679 g/mol. The third-order valence-electron chi connectivity index (χ3n) is 9.74. The Kier molecular flexibility index (Phi) is 9.72. The third-order valence-corrected chi connectivity index (χ3v) is 9.74. The monoisotopic (exact) mass is 678 g/mol. The summed E-state index contributed by atoms with van der Waals surface area (Å²) in [5.41, 5.74) is 6.71. The zero-order chi connectivity index (χ0) is 35.3. The second-order valence-electron chi connectivity index (χ2n) is 13.1. The van der Waals surface area contributed by atoms with Crippen LogP contribution in [0.1, 0.15) is 42.4 Å². The SMILES string of the molecule is N#Cc1c(-c2ccc(-c3ccccc3CC(=O)NC(=O)[C@@H]3CCCN3)cc2)[nH]c2ccc(NC(=O)[C@@H]3CCCN3C(=O)Cc3ccccc3)cc12. The number of benzene rings is 4. The minimum Gasteiger partial charge on any atom is -0.353 e. The summed E-state index contributed by atoms with van der Waals surface area (Å²) in [5, 5.41) is 19.6. The van der Waals surface area contributed by atoms with E-state index in [-0.39, 0.29) is 42.5 Å². The molecule has 0 spiro atoms. The van der Waals surface area contributed by atoms with Crippen LogP contribution < -0.4 is 16.0 Å². The van der Waals surface area contributed by atoms with Gasteiger partial charge in [-0.25, -0.2) is 0 Å². The Morgan fingerprint density at radius 1 is 0.824 bits per heavy atom. The summed E-state index contributed by atoms with van der Waals surface area (Å²) in [4.78, 5) is 56.8. The van der Waals surface area contributed by atoms with Gasteiger partial charge in [0.1, 0.15) is 12.1 Å². The number of likely N-dealkylation sites (tertiary alicyclic amines) is 1. The molecular weight excluding hydrogens is 640 g/mol. The van der Waals surface area contributed by atoms with E-state index in [4.69, 9.17) is 0 Å². The van der Waals surface area contributed by atoms with Crippen LogP contribution in [0.5, 0.6) is 0 Å². The molecule has 0 aliphatic carbocycles. The van der Waals surface area contributed by atoms with Gasteiger partial charge in [-0.1, -0.05) is 78.9 Å². The molecule has 4 amide bonds. The number of fused-ring (bicyclic) bond motifs is 1. The van der Waals surface area contributed by atoms with Crippen molar-refractivity contribution in [2.75, 3.05) is 18.4 Å². The Bertz CT molecular complexity index is 2140. The molecule has 51 heavy (non-hydrogen) atoms. The van der Waals surface area contributed by atoms with E-state index in [0.29, 0.717) is 35.3 Å². The number of anilines is 1. The number of nitrogens with zero attached hydrogens (tertiary/aromatic N) is 2. The fourth-order valence-electron chi connectivity index (χ4n) is 7.16. The Morgan fingerprint density at radius 2 is 1.59 bits per heavy atom. The zero-order valence-corrected chi connectivity index (χ0v) is 28.1. The Morgan fingerprint density at radius 3 is 2.35 bits per heavy atom. The predicted molar refractivity (Wildman–Crippen MR) is 195 cm³/mol. The number of carbonyl (C=O) groups is 4. The number of imide groups is 1. The molecule has 2 atom stereocenters. The molecule has 0 unspecified atom stereocenters. The number of aromatic nitrogens is 1. The fraction of sp³-hybridized carbons (Fsp3) is 0.244. The first-order valence-corrected chi connectivity index (χ1v) is 17.3. The van der Waals surface area contributed by atoms with E-state index in [1.807, 2.05) is 84.9 Å². The molecule has 4 N–H and O–H groups in total. The van der Waals surface area contributed by atoms with Gasteiger partial charge in [0, 0.05) is 23.1 Å². The smallest absolute Gasteiger partial charge is 0.247 e. The molecule has 256 valence electrons. The van der Waals surface area contributed by atoms with Gasteiger partial charge in [0.25, 0.3) is 0 Å². The van der Waals surface area contributed by atoms with Gasteiger partial charge in [-0.15, -0.1) is 0 Å². The highest BCUT2D eigenvalue weighted by molar-refractivity contribution is 6.02. The lowest BCUT2D eigenvalue weighted by molar-refractivity contribution is -0.136. The highest BCUT2D eigenvalue weighted by atomic mass is 16.2. The van der Waals surface area contributed by atoms with Gasteiger partial charge < -0.3 is 20.5 Å². The highest BCUT2D eigenvalue weighted by Gasteiger charge is 2.34. The Hall–Kier alpha value is -6.05. The minimum absolute atomic E-state index is 0.0681. The summed E-state index contributed by atoms with van der Waals surface area (Å²) in [6.07, 6.45) is 3.31. The van der Waals surface area contributed by atoms with E-state index >= 15 is 0 Å². The van der Waals surface area contributed by atoms with Crippen molar-refractivity contribution >= 4 is 40.2 Å². The van der Waals surface area contributed by atoms with Crippen LogP contribution in [0.2, 0.25) is 0 Å². The van der Waals surface area contributed by atoms with E-state index in [0.717, 1.165) is 59.1 Å². The van der Waals surface area contributed by atoms with Crippen molar-refractivity contribution in [1.82, 2.24) is 20.5 Å². The van der Waals surface area contributed by atoms with Crippen LogP contribution in [0.25, 0.3) is 33.3 Å². The van der Waals surface area contributed by atoms with E-state index < -0.39 is 6.04 Å². The van der Waals surface area contributed by atoms with E-state index in [9.17, 15) is 24.4 Å². The number of amides is 4. The van der Waals surface area contributed by atoms with Crippen molar-refractivity contribution in [2.45, 2.75) is 50.6 Å². The fourth-order valence-corrected chi connectivity index (χ4v) is 7.16. The zero-order valence-electron chi connectivity index (χ0n) is 28.1. The Balaban J connectivity index is 1.06. The first-order chi connectivity index (χ1) is 24.9. The lowest BCUT2D eigenvalue weighted by Gasteiger charge is -2.24. The lowest BCUT2D eigenvalue weighted by atomic mass is 9.95. The van der Waals surface area contributed by atoms with Crippen LogP contribution in [-0.4, -0.2) is 58.7 Å². The third kappa shape index (κ3) is 7.30. The average Bonchev–Trinajstić information content (AvgIpc) is 3.93. The van der Waals surface area contributed by atoms with Gasteiger partial charge in [-0.3, -0.25) is 24.5 Å². The van der Waals surface area contributed by atoms with E-state index in [1.54, 1.807) is 17.0 Å². The van der Waals surface area contributed by atoms with Crippen LogP contribution in [0.4, 0.5) is 5.69 Å². The van der Waals surface area contributed by atoms with Crippen molar-refractivity contribution in [2.24, 2.45) is 0 Å². The van der Waals surface area contributed by atoms with E-state index in [2.05, 4.69) is 27.0 Å². The maximum atomic E-state index is 13.4. The van der Waals surface area contributed by atoms with Crippen LogP contribution in [-0.2, 0) is 32.0 Å². The summed E-state index contributed by atoms with van der Waals surface area (Å²) in [7, 11) is 0. The number of hydrogen-bond donors (Lipinski definition) is 4. The summed E-state index contributed by atoms with van der Waals surface area (Å²) in [6.45, 7) is 1.32. The molecule has 10 nitrogen and oxygen atoms in total. The molecule has 7 rings (SSSR count). The largest absolute Gasteiger partial charge is 0.353 e. The molecule has 5 aromatic rings. The number of nitrogens with one attached hydrogen (secondary N) is 4. The van der Waals surface area contributed by atoms with Crippen LogP contribution in [0.15, 0.2) is 97.1 Å². The normalized spacial score (nSPS) is 16.9. The molecular formula is C41H38N6O4. The van der Waals surface area contributed by atoms with Crippen molar-refractivity contribution < 1.29 is 19.2 Å². The van der Waals surface area contributed by atoms with Gasteiger partial charge in [-0.05, 0) is 78.2 Å². The summed E-state index contributed by atoms with van der Waals surface area (Å²) in [5.74, 6) is -0.942. The second-order valence-corrected chi connectivity index (χ2v) is 13.1. The number of H-pyrrole nitrogens is 1. The molecule has 2 saturated heterocycles. The topological polar surface area (TPSA) is 147 Å². The van der Waals surface area contributed by atoms with Gasteiger partial charge in [-0.2, -0.15) is 5.26 Å². The predicted octanol–water partition coefficient (Wildman–Crippen LogP) is 5.48. The molecule has 2 aliphatic heterocycles. The quantitative estimate of drug-likeness (QED) is 0.162. The Labute approximate surface area is 295 Å². The summed E-state index contributed by atoms with van der Waals surface area (Å²) < 4.78 is 0. The molecule has 0 saturated carbocycles. The number of carbonyl (C=O) groups excluding carboxylic acids is 4. The molecule has 2 aliphatic rings. The van der Waals surface area contributed by atoms with Gasteiger partial charge in [0.15, 0.2) is 0 Å². The molecule has 2 fully saturated rings. The maximum Gasteiger partial charge on any atom is 0.247 e. The molecule has 3 heterocycles. The van der Waals surface area contributed by atoms with Crippen molar-refractivity contribution in [3.8, 4) is 28.5 Å². The number of aromatic amines is 1. The minimum atomic E-state index is -0.552. The molecule has 10 heteroatoms. The highest BCUT2D eigenvalue weighted by Crippen LogP contribution is 2.34.